The summed E-state index contributed by atoms with van der Waals surface area (Å²) in [5.41, 5.74) is 8.74. The van der Waals surface area contributed by atoms with Crippen molar-refractivity contribution in [1.29, 1.82) is 0 Å². The van der Waals surface area contributed by atoms with E-state index in [1.54, 1.807) is 36.9 Å². The highest BCUT2D eigenvalue weighted by Crippen LogP contribution is 2.30. The van der Waals surface area contributed by atoms with E-state index in [0.29, 0.717) is 17.9 Å². The van der Waals surface area contributed by atoms with Crippen LogP contribution in [-0.4, -0.2) is 18.8 Å². The van der Waals surface area contributed by atoms with Crippen LogP contribution in [0.4, 0.5) is 17.1 Å². The second-order valence-corrected chi connectivity index (χ2v) is 5.20. The van der Waals surface area contributed by atoms with Gasteiger partial charge in [-0.15, -0.1) is 11.8 Å². The molecule has 2 aromatic carbocycles. The summed E-state index contributed by atoms with van der Waals surface area (Å²) in [5, 5.41) is 3.29. The van der Waals surface area contributed by atoms with Crippen LogP contribution in [0.15, 0.2) is 47.4 Å². The smallest absolute Gasteiger partial charge is 0.338 e. The Balaban J connectivity index is 2.23. The molecule has 0 aliphatic rings. The minimum Gasteiger partial charge on any atom is -0.462 e. The molecule has 3 N–H and O–H groups in total. The van der Waals surface area contributed by atoms with Crippen molar-refractivity contribution < 1.29 is 9.53 Å². The number of esters is 1. The number of nitrogens with two attached hydrogens (primary N) is 1. The molecule has 0 saturated heterocycles. The quantitative estimate of drug-likeness (QED) is 0.498. The Bertz CT molecular complexity index is 644. The van der Waals surface area contributed by atoms with E-state index in [9.17, 15) is 4.79 Å². The number of carbonyl (C=O) groups is 1. The molecule has 5 heteroatoms. The molecule has 0 aliphatic heterocycles. The standard InChI is InChI=1S/C16H18N2O2S/c1-3-20-16(19)11-8-9-13(12(17)10-11)18-14-6-4-5-7-15(14)21-2/h4-10,18H,3,17H2,1-2H3. The Hall–Kier alpha value is -2.14. The van der Waals surface area contributed by atoms with Crippen LogP contribution in [0.1, 0.15) is 17.3 Å². The van der Waals surface area contributed by atoms with Gasteiger partial charge in [-0.25, -0.2) is 4.79 Å². The fraction of sp³-hybridized carbons (Fsp3) is 0.188. The van der Waals surface area contributed by atoms with Crippen LogP contribution in [0, 0.1) is 0 Å². The van der Waals surface area contributed by atoms with Gasteiger partial charge in [0.25, 0.3) is 0 Å². The Morgan fingerprint density at radius 1 is 1.24 bits per heavy atom. The number of hydrogen-bond donors (Lipinski definition) is 2. The zero-order chi connectivity index (χ0) is 15.2. The average molecular weight is 302 g/mol. The van der Waals surface area contributed by atoms with Crippen molar-refractivity contribution in [3.63, 3.8) is 0 Å². The molecule has 21 heavy (non-hydrogen) atoms. The molecule has 0 aromatic heterocycles. The normalized spacial score (nSPS) is 10.2. The first-order valence-electron chi connectivity index (χ1n) is 6.62. The zero-order valence-electron chi connectivity index (χ0n) is 12.1. The maximum absolute atomic E-state index is 11.7. The van der Waals surface area contributed by atoms with Gasteiger partial charge in [-0.05, 0) is 43.5 Å². The first-order chi connectivity index (χ1) is 10.2. The van der Waals surface area contributed by atoms with Crippen molar-refractivity contribution >= 4 is 34.8 Å². The van der Waals surface area contributed by atoms with Crippen molar-refractivity contribution in [2.75, 3.05) is 23.9 Å². The molecule has 2 aromatic rings. The first kappa shape index (κ1) is 15.3. The molecule has 0 unspecified atom stereocenters. The average Bonchev–Trinajstić information content (AvgIpc) is 2.50. The topological polar surface area (TPSA) is 64.3 Å². The van der Waals surface area contributed by atoms with E-state index in [2.05, 4.69) is 5.32 Å². The molecule has 2 rings (SSSR count). The molecule has 0 fully saturated rings. The lowest BCUT2D eigenvalue weighted by molar-refractivity contribution is 0.0526. The highest BCUT2D eigenvalue weighted by molar-refractivity contribution is 7.98. The van der Waals surface area contributed by atoms with Gasteiger partial charge in [0.15, 0.2) is 0 Å². The number of nitrogens with one attached hydrogen (secondary N) is 1. The molecule has 0 spiro atoms. The molecule has 0 amide bonds. The summed E-state index contributed by atoms with van der Waals surface area (Å²) in [4.78, 5) is 12.8. The summed E-state index contributed by atoms with van der Waals surface area (Å²) in [7, 11) is 0. The number of anilines is 3. The summed E-state index contributed by atoms with van der Waals surface area (Å²) in [6.45, 7) is 2.12. The van der Waals surface area contributed by atoms with Crippen molar-refractivity contribution in [3.8, 4) is 0 Å². The third kappa shape index (κ3) is 3.70. The molecule has 110 valence electrons. The molecular formula is C16H18N2O2S. The Morgan fingerprint density at radius 2 is 2.00 bits per heavy atom. The van der Waals surface area contributed by atoms with Crippen LogP contribution >= 0.6 is 11.8 Å². The van der Waals surface area contributed by atoms with Crippen LogP contribution in [0.3, 0.4) is 0 Å². The fourth-order valence-corrected chi connectivity index (χ4v) is 2.46. The van der Waals surface area contributed by atoms with Gasteiger partial charge in [0.1, 0.15) is 0 Å². The molecule has 0 heterocycles. The predicted octanol–water partition coefficient (Wildman–Crippen LogP) is 3.91. The van der Waals surface area contributed by atoms with Crippen LogP contribution in [0.2, 0.25) is 0 Å². The summed E-state index contributed by atoms with van der Waals surface area (Å²) in [6.07, 6.45) is 2.02. The van der Waals surface area contributed by atoms with Crippen molar-refractivity contribution in [2.24, 2.45) is 0 Å². The molecule has 4 nitrogen and oxygen atoms in total. The summed E-state index contributed by atoms with van der Waals surface area (Å²) >= 11 is 1.66. The highest BCUT2D eigenvalue weighted by atomic mass is 32.2. The number of rotatable bonds is 5. The molecule has 0 atom stereocenters. The summed E-state index contributed by atoms with van der Waals surface area (Å²) in [5.74, 6) is -0.361. The summed E-state index contributed by atoms with van der Waals surface area (Å²) < 4.78 is 4.96. The van der Waals surface area contributed by atoms with Crippen molar-refractivity contribution in [3.05, 3.63) is 48.0 Å². The van der Waals surface area contributed by atoms with E-state index >= 15 is 0 Å². The third-order valence-electron chi connectivity index (χ3n) is 2.94. The molecular weight excluding hydrogens is 284 g/mol. The van der Waals surface area contributed by atoms with E-state index in [4.69, 9.17) is 10.5 Å². The van der Waals surface area contributed by atoms with Gasteiger partial charge in [0.2, 0.25) is 0 Å². The number of para-hydroxylation sites is 1. The summed E-state index contributed by atoms with van der Waals surface area (Å²) in [6, 6.07) is 13.1. The first-order valence-corrected chi connectivity index (χ1v) is 7.85. The van der Waals surface area contributed by atoms with Gasteiger partial charge in [-0.3, -0.25) is 0 Å². The van der Waals surface area contributed by atoms with Gasteiger partial charge >= 0.3 is 5.97 Å². The number of hydrogen-bond acceptors (Lipinski definition) is 5. The van der Waals surface area contributed by atoms with Gasteiger partial charge in [0, 0.05) is 4.90 Å². The Morgan fingerprint density at radius 3 is 2.67 bits per heavy atom. The van der Waals surface area contributed by atoms with Crippen LogP contribution < -0.4 is 11.1 Å². The molecule has 0 saturated carbocycles. The minimum absolute atomic E-state index is 0.347. The van der Waals surface area contributed by atoms with E-state index in [0.717, 1.165) is 16.3 Å². The van der Waals surface area contributed by atoms with Crippen LogP contribution in [-0.2, 0) is 4.74 Å². The lowest BCUT2D eigenvalue weighted by atomic mass is 10.1. The van der Waals surface area contributed by atoms with E-state index in [-0.39, 0.29) is 5.97 Å². The van der Waals surface area contributed by atoms with Crippen molar-refractivity contribution in [2.45, 2.75) is 11.8 Å². The van der Waals surface area contributed by atoms with Gasteiger partial charge in [-0.1, -0.05) is 12.1 Å². The largest absolute Gasteiger partial charge is 0.462 e. The molecule has 0 bridgehead atoms. The van der Waals surface area contributed by atoms with E-state index in [1.807, 2.05) is 30.5 Å². The Kier molecular flexibility index (Phi) is 5.11. The van der Waals surface area contributed by atoms with Gasteiger partial charge in [0.05, 0.1) is 29.2 Å². The van der Waals surface area contributed by atoms with Crippen LogP contribution in [0.25, 0.3) is 0 Å². The number of carbonyl (C=O) groups excluding carboxylic acids is 1. The number of ether oxygens (including phenoxy) is 1. The van der Waals surface area contributed by atoms with Gasteiger partial charge in [-0.2, -0.15) is 0 Å². The van der Waals surface area contributed by atoms with Crippen molar-refractivity contribution in [1.82, 2.24) is 0 Å². The minimum atomic E-state index is -0.361. The number of thioether (sulfide) groups is 1. The van der Waals surface area contributed by atoms with Crippen LogP contribution in [0.5, 0.6) is 0 Å². The van der Waals surface area contributed by atoms with Gasteiger partial charge < -0.3 is 15.8 Å². The maximum atomic E-state index is 11.7. The SMILES string of the molecule is CCOC(=O)c1ccc(Nc2ccccc2SC)c(N)c1. The molecule has 0 aliphatic carbocycles. The maximum Gasteiger partial charge on any atom is 0.338 e. The fourth-order valence-electron chi connectivity index (χ4n) is 1.91. The van der Waals surface area contributed by atoms with E-state index < -0.39 is 0 Å². The molecule has 0 radical (unpaired) electrons. The monoisotopic (exact) mass is 302 g/mol. The van der Waals surface area contributed by atoms with E-state index in [1.165, 1.54) is 0 Å². The lowest BCUT2D eigenvalue weighted by Crippen LogP contribution is -2.06. The highest BCUT2D eigenvalue weighted by Gasteiger charge is 2.10. The Labute approximate surface area is 128 Å². The second kappa shape index (κ2) is 7.04. The predicted molar refractivity (Wildman–Crippen MR) is 88.3 cm³/mol. The second-order valence-electron chi connectivity index (χ2n) is 4.35. The lowest BCUT2D eigenvalue weighted by Gasteiger charge is -2.13. The number of nitrogen functional groups attached to an aromatic ring is 1. The zero-order valence-corrected chi connectivity index (χ0v) is 12.9. The third-order valence-corrected chi connectivity index (χ3v) is 3.73. The number of benzene rings is 2.